The molecule has 8 nitrogen and oxygen atoms in total. The minimum Gasteiger partial charge on any atom is -0.507 e. The maximum atomic E-state index is 13.3. The predicted octanol–water partition coefficient (Wildman–Crippen LogP) is 2.22. The molecule has 1 aliphatic heterocycles. The van der Waals surface area contributed by atoms with E-state index in [9.17, 15) is 19.5 Å². The van der Waals surface area contributed by atoms with Crippen LogP contribution in [0.15, 0.2) is 18.2 Å². The average Bonchev–Trinajstić information content (AvgIpc) is 3.14. The van der Waals surface area contributed by atoms with Crippen molar-refractivity contribution in [1.29, 1.82) is 0 Å². The highest BCUT2D eigenvalue weighted by Gasteiger charge is 2.41. The van der Waals surface area contributed by atoms with Crippen molar-refractivity contribution in [1.82, 2.24) is 0 Å². The second kappa shape index (κ2) is 6.80. The van der Waals surface area contributed by atoms with Crippen LogP contribution in [0.3, 0.4) is 0 Å². The summed E-state index contributed by atoms with van der Waals surface area (Å²) in [5, 5.41) is 10.4. The third kappa shape index (κ3) is 2.63. The molecule has 0 amide bonds. The molecule has 2 aromatic rings. The molecule has 0 radical (unpaired) electrons. The topological polar surface area (TPSA) is 108 Å². The van der Waals surface area contributed by atoms with Gasteiger partial charge in [-0.05, 0) is 18.6 Å². The maximum Gasteiger partial charge on any atom is 0.313 e. The summed E-state index contributed by atoms with van der Waals surface area (Å²) in [5.41, 5.74) is 0.303. The molecule has 2 aromatic carbocycles. The van der Waals surface area contributed by atoms with Crippen molar-refractivity contribution < 1.29 is 38.4 Å². The van der Waals surface area contributed by atoms with Crippen LogP contribution < -0.4 is 14.2 Å². The molecular formula is C21H18O8. The number of fused-ring (bicyclic) bond motifs is 2. The minimum atomic E-state index is -0.682. The first-order valence-corrected chi connectivity index (χ1v) is 8.88. The number of esters is 1. The van der Waals surface area contributed by atoms with Gasteiger partial charge < -0.3 is 24.1 Å². The molecule has 8 heteroatoms. The van der Waals surface area contributed by atoms with Gasteiger partial charge in [0, 0.05) is 17.2 Å². The van der Waals surface area contributed by atoms with E-state index in [0.29, 0.717) is 12.0 Å². The van der Waals surface area contributed by atoms with E-state index < -0.39 is 23.5 Å². The molecule has 150 valence electrons. The highest BCUT2D eigenvalue weighted by atomic mass is 16.5. The van der Waals surface area contributed by atoms with Crippen LogP contribution in [0.5, 0.6) is 23.0 Å². The summed E-state index contributed by atoms with van der Waals surface area (Å²) >= 11 is 0. The molecule has 1 saturated heterocycles. The Labute approximate surface area is 165 Å². The molecular weight excluding hydrogens is 380 g/mol. The van der Waals surface area contributed by atoms with Crippen molar-refractivity contribution in [3.63, 3.8) is 0 Å². The lowest BCUT2D eigenvalue weighted by atomic mass is 9.80. The first-order chi connectivity index (χ1) is 13.9. The van der Waals surface area contributed by atoms with Crippen molar-refractivity contribution in [2.75, 3.05) is 27.9 Å². The summed E-state index contributed by atoms with van der Waals surface area (Å²) in [6, 6.07) is 4.10. The largest absolute Gasteiger partial charge is 0.507 e. The summed E-state index contributed by atoms with van der Waals surface area (Å²) in [6.07, 6.45) is 0.394. The molecule has 1 fully saturated rings. The Morgan fingerprint density at radius 1 is 0.931 bits per heavy atom. The number of ether oxygens (including phenoxy) is 4. The van der Waals surface area contributed by atoms with Crippen LogP contribution in [0, 0.1) is 0 Å². The Morgan fingerprint density at radius 2 is 1.66 bits per heavy atom. The van der Waals surface area contributed by atoms with Gasteiger partial charge in [-0.15, -0.1) is 0 Å². The first-order valence-electron chi connectivity index (χ1n) is 8.88. The van der Waals surface area contributed by atoms with Crippen LogP contribution in [0.2, 0.25) is 0 Å². The van der Waals surface area contributed by atoms with Crippen molar-refractivity contribution in [2.45, 2.75) is 12.3 Å². The van der Waals surface area contributed by atoms with Crippen molar-refractivity contribution in [3.8, 4) is 23.0 Å². The molecule has 0 aromatic heterocycles. The Kier molecular flexibility index (Phi) is 4.41. The van der Waals surface area contributed by atoms with E-state index in [4.69, 9.17) is 18.9 Å². The zero-order valence-electron chi connectivity index (χ0n) is 16.0. The number of phenols is 1. The van der Waals surface area contributed by atoms with Crippen LogP contribution in [0.4, 0.5) is 0 Å². The minimum absolute atomic E-state index is 0.0130. The summed E-state index contributed by atoms with van der Waals surface area (Å²) < 4.78 is 21.1. The summed E-state index contributed by atoms with van der Waals surface area (Å²) in [5.74, 6) is -2.01. The van der Waals surface area contributed by atoms with Crippen LogP contribution in [-0.2, 0) is 9.53 Å². The Balaban J connectivity index is 2.02. The van der Waals surface area contributed by atoms with E-state index >= 15 is 0 Å². The number of carbonyl (C=O) groups excluding carboxylic acids is 3. The second-order valence-corrected chi connectivity index (χ2v) is 6.68. The quantitative estimate of drug-likeness (QED) is 0.667. The van der Waals surface area contributed by atoms with E-state index in [1.807, 2.05) is 0 Å². The van der Waals surface area contributed by atoms with Crippen LogP contribution in [-0.4, -0.2) is 50.6 Å². The fraction of sp³-hybridized carbons (Fsp3) is 0.286. The molecule has 2 aliphatic rings. The SMILES string of the molecule is COc1cc(O)c2c(c1)C(=O)c1cc(OC)c(C3CCOC3=O)c(OC)c1C2=O. The zero-order chi connectivity index (χ0) is 20.9. The molecule has 1 atom stereocenters. The normalized spacial score (nSPS) is 17.5. The zero-order valence-corrected chi connectivity index (χ0v) is 16.0. The number of phenolic OH excluding ortho intramolecular Hbond substituents is 1. The van der Waals surface area contributed by atoms with Gasteiger partial charge in [0.05, 0.1) is 50.5 Å². The number of hydrogen-bond acceptors (Lipinski definition) is 8. The van der Waals surface area contributed by atoms with E-state index in [2.05, 4.69) is 0 Å². The van der Waals surface area contributed by atoms with Gasteiger partial charge in [0.1, 0.15) is 23.0 Å². The van der Waals surface area contributed by atoms with Gasteiger partial charge in [-0.3, -0.25) is 14.4 Å². The third-order valence-corrected chi connectivity index (χ3v) is 5.26. The van der Waals surface area contributed by atoms with Crippen LogP contribution in [0.25, 0.3) is 0 Å². The predicted molar refractivity (Wildman–Crippen MR) is 99.4 cm³/mol. The lowest BCUT2D eigenvalue weighted by Crippen LogP contribution is -2.24. The van der Waals surface area contributed by atoms with Gasteiger partial charge in [-0.25, -0.2) is 0 Å². The molecule has 4 rings (SSSR count). The van der Waals surface area contributed by atoms with Gasteiger partial charge in [0.15, 0.2) is 5.78 Å². The van der Waals surface area contributed by atoms with Gasteiger partial charge in [0.25, 0.3) is 0 Å². The molecule has 0 bridgehead atoms. The number of methoxy groups -OCH3 is 3. The summed E-state index contributed by atoms with van der Waals surface area (Å²) in [7, 11) is 4.14. The Bertz CT molecular complexity index is 1070. The van der Waals surface area contributed by atoms with Gasteiger partial charge in [0.2, 0.25) is 5.78 Å². The van der Waals surface area contributed by atoms with Gasteiger partial charge >= 0.3 is 5.97 Å². The molecule has 1 unspecified atom stereocenters. The van der Waals surface area contributed by atoms with Crippen LogP contribution in [0.1, 0.15) is 49.7 Å². The number of aromatic hydroxyl groups is 1. The third-order valence-electron chi connectivity index (χ3n) is 5.26. The van der Waals surface area contributed by atoms with E-state index in [1.54, 1.807) is 0 Å². The molecule has 29 heavy (non-hydrogen) atoms. The summed E-state index contributed by atoms with van der Waals surface area (Å²) in [6.45, 7) is 0.239. The van der Waals surface area contributed by atoms with Crippen LogP contribution >= 0.6 is 0 Å². The fourth-order valence-electron chi connectivity index (χ4n) is 3.93. The molecule has 1 aliphatic carbocycles. The number of rotatable bonds is 4. The Morgan fingerprint density at radius 3 is 2.24 bits per heavy atom. The van der Waals surface area contributed by atoms with E-state index in [-0.39, 0.29) is 51.9 Å². The number of ketones is 2. The number of hydrogen-bond donors (Lipinski definition) is 1. The second-order valence-electron chi connectivity index (χ2n) is 6.68. The van der Waals surface area contributed by atoms with Gasteiger partial charge in [-0.1, -0.05) is 0 Å². The standard InChI is InChI=1S/C21H18O8/c1-26-9-6-11-15(13(22)7-9)19(24)17-12(18(11)23)8-14(27-2)16(20(17)28-3)10-4-5-29-21(10)25/h6-8,10,22H,4-5H2,1-3H3. The highest BCUT2D eigenvalue weighted by Crippen LogP contribution is 2.47. The average molecular weight is 398 g/mol. The maximum absolute atomic E-state index is 13.3. The highest BCUT2D eigenvalue weighted by molar-refractivity contribution is 6.30. The monoisotopic (exact) mass is 398 g/mol. The van der Waals surface area contributed by atoms with E-state index in [1.165, 1.54) is 39.5 Å². The lowest BCUT2D eigenvalue weighted by molar-refractivity contribution is -0.139. The summed E-state index contributed by atoms with van der Waals surface area (Å²) in [4.78, 5) is 38.7. The molecule has 0 spiro atoms. The van der Waals surface area contributed by atoms with Crippen molar-refractivity contribution in [2.24, 2.45) is 0 Å². The number of benzene rings is 2. The lowest BCUT2D eigenvalue weighted by Gasteiger charge is -2.25. The smallest absolute Gasteiger partial charge is 0.313 e. The van der Waals surface area contributed by atoms with Crippen molar-refractivity contribution in [3.05, 3.63) is 46.0 Å². The van der Waals surface area contributed by atoms with E-state index in [0.717, 1.165) is 0 Å². The Hall–Kier alpha value is -3.55. The molecule has 0 saturated carbocycles. The van der Waals surface area contributed by atoms with Gasteiger partial charge in [-0.2, -0.15) is 0 Å². The molecule has 1 N–H and O–H groups in total. The molecule has 1 heterocycles. The number of cyclic esters (lactones) is 1. The fourth-order valence-corrected chi connectivity index (χ4v) is 3.93. The van der Waals surface area contributed by atoms with Crippen molar-refractivity contribution >= 4 is 17.5 Å². The number of carbonyl (C=O) groups is 3. The first kappa shape index (κ1) is 18.8.